The Balaban J connectivity index is 2.64. The fourth-order valence-electron chi connectivity index (χ4n) is 2.52. The summed E-state index contributed by atoms with van der Waals surface area (Å²) in [6, 6.07) is 7.51. The van der Waals surface area contributed by atoms with Gasteiger partial charge in [0.05, 0.1) is 19.1 Å². The molecule has 22 heavy (non-hydrogen) atoms. The zero-order valence-electron chi connectivity index (χ0n) is 14.5. The van der Waals surface area contributed by atoms with Crippen LogP contribution in [0.25, 0.3) is 0 Å². The number of aliphatic hydroxyl groups excluding tert-OH is 1. The second-order valence-electron chi connectivity index (χ2n) is 6.89. The summed E-state index contributed by atoms with van der Waals surface area (Å²) in [4.78, 5) is 12.3. The van der Waals surface area contributed by atoms with Crippen molar-refractivity contribution in [2.24, 2.45) is 11.3 Å². The van der Waals surface area contributed by atoms with E-state index in [1.165, 1.54) is 0 Å². The van der Waals surface area contributed by atoms with Crippen molar-refractivity contribution in [3.05, 3.63) is 29.8 Å². The molecular formula is C18H29NO3. The lowest BCUT2D eigenvalue weighted by Crippen LogP contribution is -2.44. The number of carbonyl (C=O) groups is 1. The fourth-order valence-corrected chi connectivity index (χ4v) is 2.52. The lowest BCUT2D eigenvalue weighted by molar-refractivity contribution is -0.123. The Morgan fingerprint density at radius 3 is 2.23 bits per heavy atom. The van der Waals surface area contributed by atoms with Crippen LogP contribution in [0.15, 0.2) is 24.3 Å². The molecule has 0 aromatic heterocycles. The van der Waals surface area contributed by atoms with Gasteiger partial charge in [0.25, 0.3) is 0 Å². The van der Waals surface area contributed by atoms with E-state index >= 15 is 0 Å². The summed E-state index contributed by atoms with van der Waals surface area (Å²) in [5.74, 6) is 0.663. The Morgan fingerprint density at radius 1 is 1.23 bits per heavy atom. The number of methoxy groups -OCH3 is 1. The summed E-state index contributed by atoms with van der Waals surface area (Å²) >= 11 is 0. The highest BCUT2D eigenvalue weighted by Crippen LogP contribution is 2.26. The smallest absolute Gasteiger partial charge is 0.227 e. The van der Waals surface area contributed by atoms with Gasteiger partial charge in [0, 0.05) is 12.0 Å². The van der Waals surface area contributed by atoms with Gasteiger partial charge in [-0.05, 0) is 30.5 Å². The van der Waals surface area contributed by atoms with Crippen LogP contribution in [0.4, 0.5) is 0 Å². The highest BCUT2D eigenvalue weighted by atomic mass is 16.5. The maximum absolute atomic E-state index is 12.3. The topological polar surface area (TPSA) is 58.6 Å². The number of ether oxygens (including phenoxy) is 1. The van der Waals surface area contributed by atoms with Crippen molar-refractivity contribution in [1.29, 1.82) is 0 Å². The molecule has 0 saturated heterocycles. The van der Waals surface area contributed by atoms with E-state index in [4.69, 9.17) is 4.74 Å². The summed E-state index contributed by atoms with van der Waals surface area (Å²) in [7, 11) is 1.62. The van der Waals surface area contributed by atoms with Gasteiger partial charge in [0.15, 0.2) is 0 Å². The first-order valence-corrected chi connectivity index (χ1v) is 7.78. The summed E-state index contributed by atoms with van der Waals surface area (Å²) in [5, 5.41) is 13.2. The molecule has 0 aliphatic heterocycles. The Bertz CT molecular complexity index is 480. The number of benzene rings is 1. The second kappa shape index (κ2) is 7.63. The van der Waals surface area contributed by atoms with Gasteiger partial charge < -0.3 is 15.2 Å². The quantitative estimate of drug-likeness (QED) is 0.814. The molecule has 1 aromatic carbocycles. The molecule has 0 radical (unpaired) electrons. The first-order chi connectivity index (χ1) is 10.2. The van der Waals surface area contributed by atoms with Crippen LogP contribution in [-0.4, -0.2) is 30.8 Å². The molecule has 2 unspecified atom stereocenters. The van der Waals surface area contributed by atoms with Crippen molar-refractivity contribution in [2.45, 2.75) is 46.6 Å². The zero-order valence-corrected chi connectivity index (χ0v) is 14.5. The van der Waals surface area contributed by atoms with Gasteiger partial charge >= 0.3 is 0 Å². The van der Waals surface area contributed by atoms with Crippen LogP contribution in [0.5, 0.6) is 5.75 Å². The van der Waals surface area contributed by atoms with Crippen LogP contribution in [0.2, 0.25) is 0 Å². The minimum absolute atomic E-state index is 0.0332. The minimum Gasteiger partial charge on any atom is -0.497 e. The summed E-state index contributed by atoms with van der Waals surface area (Å²) < 4.78 is 5.12. The average molecular weight is 307 g/mol. The van der Waals surface area contributed by atoms with Gasteiger partial charge in [-0.25, -0.2) is 0 Å². The van der Waals surface area contributed by atoms with Crippen molar-refractivity contribution in [3.8, 4) is 5.75 Å². The maximum Gasteiger partial charge on any atom is 0.227 e. The molecule has 0 spiro atoms. The molecule has 0 aliphatic carbocycles. The zero-order chi connectivity index (χ0) is 16.9. The third kappa shape index (κ3) is 4.73. The van der Waals surface area contributed by atoms with Gasteiger partial charge in [0.1, 0.15) is 5.75 Å². The van der Waals surface area contributed by atoms with E-state index < -0.39 is 6.10 Å². The summed E-state index contributed by atoms with van der Waals surface area (Å²) in [6.45, 7) is 10.2. The molecule has 0 bridgehead atoms. The summed E-state index contributed by atoms with van der Waals surface area (Å²) in [6.07, 6.45) is -0.455. The summed E-state index contributed by atoms with van der Waals surface area (Å²) in [5.41, 5.74) is 0.587. The number of hydrogen-bond acceptors (Lipinski definition) is 3. The number of amides is 1. The number of rotatable bonds is 7. The van der Waals surface area contributed by atoms with Crippen molar-refractivity contribution in [1.82, 2.24) is 5.32 Å². The lowest BCUT2D eigenvalue weighted by atomic mass is 9.80. The Kier molecular flexibility index (Phi) is 6.42. The van der Waals surface area contributed by atoms with E-state index in [1.54, 1.807) is 7.11 Å². The molecule has 0 fully saturated rings. The first-order valence-electron chi connectivity index (χ1n) is 7.78. The number of carbonyl (C=O) groups excluding carboxylic acids is 1. The number of aliphatic hydroxyl groups is 1. The molecule has 2 N–H and O–H groups in total. The second-order valence-corrected chi connectivity index (χ2v) is 6.89. The molecule has 4 nitrogen and oxygen atoms in total. The van der Waals surface area contributed by atoms with E-state index in [2.05, 4.69) is 5.32 Å². The standard InChI is InChI=1S/C18H29NO3/c1-12(2)16(20)18(4,5)11-19-17(21)13(3)14-7-9-15(22-6)10-8-14/h7-10,12-13,16,20H,11H2,1-6H3,(H,19,21). The van der Waals surface area contributed by atoms with Crippen LogP contribution < -0.4 is 10.1 Å². The first kappa shape index (κ1) is 18.5. The highest BCUT2D eigenvalue weighted by Gasteiger charge is 2.31. The van der Waals surface area contributed by atoms with E-state index in [9.17, 15) is 9.90 Å². The highest BCUT2D eigenvalue weighted by molar-refractivity contribution is 5.83. The van der Waals surface area contributed by atoms with E-state index in [-0.39, 0.29) is 23.2 Å². The average Bonchev–Trinajstić information content (AvgIpc) is 2.51. The normalized spacial score (nSPS) is 14.5. The predicted octanol–water partition coefficient (Wildman–Crippen LogP) is 2.96. The Morgan fingerprint density at radius 2 is 1.77 bits per heavy atom. The number of hydrogen-bond donors (Lipinski definition) is 2. The molecule has 0 aliphatic rings. The molecule has 0 heterocycles. The molecule has 2 atom stereocenters. The van der Waals surface area contributed by atoms with Crippen molar-refractivity contribution >= 4 is 5.91 Å². The van der Waals surface area contributed by atoms with Gasteiger partial charge in [-0.15, -0.1) is 0 Å². The number of nitrogens with one attached hydrogen (secondary N) is 1. The predicted molar refractivity (Wildman–Crippen MR) is 89.0 cm³/mol. The minimum atomic E-state index is -0.455. The molecular weight excluding hydrogens is 278 g/mol. The van der Waals surface area contributed by atoms with E-state index in [0.29, 0.717) is 6.54 Å². The van der Waals surface area contributed by atoms with Crippen molar-refractivity contribution < 1.29 is 14.6 Å². The van der Waals surface area contributed by atoms with Crippen LogP contribution in [-0.2, 0) is 4.79 Å². The SMILES string of the molecule is COc1ccc(C(C)C(=O)NCC(C)(C)C(O)C(C)C)cc1. The van der Waals surface area contributed by atoms with Crippen molar-refractivity contribution in [3.63, 3.8) is 0 Å². The fraction of sp³-hybridized carbons (Fsp3) is 0.611. The molecule has 1 rings (SSSR count). The molecule has 1 aromatic rings. The molecule has 124 valence electrons. The molecule has 1 amide bonds. The maximum atomic E-state index is 12.3. The molecule has 4 heteroatoms. The molecule has 0 saturated carbocycles. The Labute approximate surface area is 133 Å². The van der Waals surface area contributed by atoms with E-state index in [1.807, 2.05) is 58.9 Å². The van der Waals surface area contributed by atoms with Gasteiger partial charge in [-0.3, -0.25) is 4.79 Å². The van der Waals surface area contributed by atoms with Gasteiger partial charge in [0.2, 0.25) is 5.91 Å². The van der Waals surface area contributed by atoms with Gasteiger partial charge in [-0.1, -0.05) is 39.8 Å². The monoisotopic (exact) mass is 307 g/mol. The van der Waals surface area contributed by atoms with Crippen LogP contribution in [0.1, 0.15) is 46.1 Å². The van der Waals surface area contributed by atoms with Crippen molar-refractivity contribution in [2.75, 3.05) is 13.7 Å². The van der Waals surface area contributed by atoms with Crippen LogP contribution in [0.3, 0.4) is 0 Å². The third-order valence-electron chi connectivity index (χ3n) is 4.16. The van der Waals surface area contributed by atoms with Crippen LogP contribution >= 0.6 is 0 Å². The lowest BCUT2D eigenvalue weighted by Gasteiger charge is -2.33. The van der Waals surface area contributed by atoms with E-state index in [0.717, 1.165) is 11.3 Å². The third-order valence-corrected chi connectivity index (χ3v) is 4.16. The largest absolute Gasteiger partial charge is 0.497 e. The Hall–Kier alpha value is -1.55. The van der Waals surface area contributed by atoms with Crippen LogP contribution in [0, 0.1) is 11.3 Å². The van der Waals surface area contributed by atoms with Gasteiger partial charge in [-0.2, -0.15) is 0 Å².